The SMILES string of the molecule is O=C1c2nc3cc(-c4ccncc4)[nH]n3c(=O)c2CN1Cc1ccc(F)cc1. The van der Waals surface area contributed by atoms with Crippen molar-refractivity contribution in [2.24, 2.45) is 0 Å². The van der Waals surface area contributed by atoms with E-state index in [1.165, 1.54) is 21.5 Å². The number of rotatable bonds is 3. The lowest BCUT2D eigenvalue weighted by Crippen LogP contribution is -2.23. The first kappa shape index (κ1) is 16.4. The number of halogens is 1. The zero-order chi connectivity index (χ0) is 19.3. The maximum absolute atomic E-state index is 13.1. The van der Waals surface area contributed by atoms with Crippen LogP contribution in [0.3, 0.4) is 0 Å². The summed E-state index contributed by atoms with van der Waals surface area (Å²) in [5, 5.41) is 3.04. The summed E-state index contributed by atoms with van der Waals surface area (Å²) in [6.45, 7) is 0.458. The highest BCUT2D eigenvalue weighted by atomic mass is 19.1. The predicted octanol–water partition coefficient (Wildman–Crippen LogP) is 2.38. The standard InChI is InChI=1S/C20H14FN5O2/c21-14-3-1-12(2-4-14)10-25-11-15-18(20(25)28)23-17-9-16(24-26(17)19(15)27)13-5-7-22-8-6-13/h1-9,24H,10-11H2. The minimum absolute atomic E-state index is 0.171. The average molecular weight is 375 g/mol. The van der Waals surface area contributed by atoms with Gasteiger partial charge >= 0.3 is 0 Å². The second-order valence-electron chi connectivity index (χ2n) is 6.63. The summed E-state index contributed by atoms with van der Waals surface area (Å²) in [4.78, 5) is 35.6. The molecular weight excluding hydrogens is 361 g/mol. The molecule has 7 nitrogen and oxygen atoms in total. The van der Waals surface area contributed by atoms with E-state index in [9.17, 15) is 14.0 Å². The Balaban J connectivity index is 1.52. The Kier molecular flexibility index (Phi) is 3.58. The molecule has 1 amide bonds. The first-order chi connectivity index (χ1) is 13.6. The number of amides is 1. The van der Waals surface area contributed by atoms with Crippen LogP contribution in [0.25, 0.3) is 16.9 Å². The Hall–Kier alpha value is -3.81. The molecule has 0 atom stereocenters. The van der Waals surface area contributed by atoms with Gasteiger partial charge in [-0.3, -0.25) is 19.7 Å². The molecule has 28 heavy (non-hydrogen) atoms. The maximum atomic E-state index is 13.1. The Bertz CT molecular complexity index is 1260. The van der Waals surface area contributed by atoms with Crippen LogP contribution in [0.2, 0.25) is 0 Å². The summed E-state index contributed by atoms with van der Waals surface area (Å²) in [7, 11) is 0. The van der Waals surface area contributed by atoms with Crippen molar-refractivity contribution in [2.75, 3.05) is 0 Å². The second-order valence-corrected chi connectivity index (χ2v) is 6.63. The highest BCUT2D eigenvalue weighted by molar-refractivity contribution is 5.96. The largest absolute Gasteiger partial charge is 0.328 e. The Morgan fingerprint density at radius 3 is 2.57 bits per heavy atom. The highest BCUT2D eigenvalue weighted by Crippen LogP contribution is 2.23. The molecule has 0 spiro atoms. The number of H-pyrrole nitrogens is 1. The van der Waals surface area contributed by atoms with Crippen molar-refractivity contribution in [3.8, 4) is 11.3 Å². The molecule has 4 aromatic rings. The molecule has 1 N–H and O–H groups in total. The van der Waals surface area contributed by atoms with Crippen LogP contribution in [0, 0.1) is 5.82 Å². The first-order valence-electron chi connectivity index (χ1n) is 8.69. The second kappa shape index (κ2) is 6.12. The van der Waals surface area contributed by atoms with Gasteiger partial charge in [-0.1, -0.05) is 12.1 Å². The third-order valence-corrected chi connectivity index (χ3v) is 4.83. The number of hydrogen-bond donors (Lipinski definition) is 1. The summed E-state index contributed by atoms with van der Waals surface area (Å²) in [5.74, 6) is -0.635. The molecule has 138 valence electrons. The molecule has 0 saturated heterocycles. The summed E-state index contributed by atoms with van der Waals surface area (Å²) < 4.78 is 14.4. The number of aromatic nitrogens is 4. The van der Waals surface area contributed by atoms with Gasteiger partial charge in [0.1, 0.15) is 11.5 Å². The van der Waals surface area contributed by atoms with E-state index in [1.54, 1.807) is 30.6 Å². The molecule has 0 radical (unpaired) electrons. The number of fused-ring (bicyclic) bond motifs is 2. The number of aromatic amines is 1. The number of hydrogen-bond acceptors (Lipinski definition) is 4. The fourth-order valence-electron chi connectivity index (χ4n) is 3.41. The number of carbonyl (C=O) groups excluding carboxylic acids is 1. The van der Waals surface area contributed by atoms with Crippen LogP contribution in [0.4, 0.5) is 4.39 Å². The van der Waals surface area contributed by atoms with E-state index in [4.69, 9.17) is 0 Å². The van der Waals surface area contributed by atoms with Gasteiger partial charge in [0.15, 0.2) is 5.65 Å². The van der Waals surface area contributed by atoms with Crippen LogP contribution in [0.1, 0.15) is 21.6 Å². The lowest BCUT2D eigenvalue weighted by atomic mass is 10.2. The van der Waals surface area contributed by atoms with Gasteiger partial charge in [0.25, 0.3) is 11.5 Å². The maximum Gasteiger partial charge on any atom is 0.278 e. The van der Waals surface area contributed by atoms with Crippen molar-refractivity contribution in [3.05, 3.63) is 87.9 Å². The molecule has 3 aromatic heterocycles. The quantitative estimate of drug-likeness (QED) is 0.596. The zero-order valence-corrected chi connectivity index (χ0v) is 14.6. The molecular formula is C20H14FN5O2. The van der Waals surface area contributed by atoms with Gasteiger partial charge in [0.2, 0.25) is 0 Å². The normalized spacial score (nSPS) is 13.3. The Morgan fingerprint density at radius 1 is 1.07 bits per heavy atom. The first-order valence-corrected chi connectivity index (χ1v) is 8.69. The molecule has 0 bridgehead atoms. The molecule has 1 aliphatic heterocycles. The number of carbonyl (C=O) groups is 1. The molecule has 4 heterocycles. The van der Waals surface area contributed by atoms with Crippen LogP contribution in [0.15, 0.2) is 59.7 Å². The van der Waals surface area contributed by atoms with Crippen LogP contribution >= 0.6 is 0 Å². The minimum atomic E-state index is -0.334. The number of nitrogens with one attached hydrogen (secondary N) is 1. The lowest BCUT2D eigenvalue weighted by Gasteiger charge is -2.14. The van der Waals surface area contributed by atoms with Crippen molar-refractivity contribution in [3.63, 3.8) is 0 Å². The molecule has 0 unspecified atom stereocenters. The Labute approximate surface area is 158 Å². The van der Waals surface area contributed by atoms with E-state index in [0.717, 1.165) is 11.1 Å². The van der Waals surface area contributed by atoms with Crippen LogP contribution in [0.5, 0.6) is 0 Å². The molecule has 8 heteroatoms. The zero-order valence-electron chi connectivity index (χ0n) is 14.6. The van der Waals surface area contributed by atoms with Crippen molar-refractivity contribution in [2.45, 2.75) is 13.1 Å². The van der Waals surface area contributed by atoms with E-state index < -0.39 is 0 Å². The van der Waals surface area contributed by atoms with Gasteiger partial charge in [-0.2, -0.15) is 0 Å². The molecule has 5 rings (SSSR count). The predicted molar refractivity (Wildman–Crippen MR) is 99.0 cm³/mol. The lowest BCUT2D eigenvalue weighted by molar-refractivity contribution is 0.0762. The van der Waals surface area contributed by atoms with Crippen LogP contribution in [-0.4, -0.2) is 30.4 Å². The van der Waals surface area contributed by atoms with Crippen molar-refractivity contribution in [1.29, 1.82) is 0 Å². The van der Waals surface area contributed by atoms with Crippen LogP contribution < -0.4 is 5.56 Å². The summed E-state index contributed by atoms with van der Waals surface area (Å²) >= 11 is 0. The fraction of sp³-hybridized carbons (Fsp3) is 0.100. The monoisotopic (exact) mass is 375 g/mol. The van der Waals surface area contributed by atoms with E-state index in [1.807, 2.05) is 12.1 Å². The van der Waals surface area contributed by atoms with Crippen molar-refractivity contribution < 1.29 is 9.18 Å². The van der Waals surface area contributed by atoms with E-state index in [2.05, 4.69) is 15.1 Å². The summed E-state index contributed by atoms with van der Waals surface area (Å²) in [6, 6.07) is 11.3. The summed E-state index contributed by atoms with van der Waals surface area (Å²) in [6.07, 6.45) is 3.32. The average Bonchev–Trinajstić information content (AvgIpc) is 3.28. The highest BCUT2D eigenvalue weighted by Gasteiger charge is 2.32. The van der Waals surface area contributed by atoms with Crippen molar-refractivity contribution in [1.82, 2.24) is 24.5 Å². The molecule has 1 aromatic carbocycles. The van der Waals surface area contributed by atoms with E-state index in [-0.39, 0.29) is 36.1 Å². The smallest absolute Gasteiger partial charge is 0.278 e. The van der Waals surface area contributed by atoms with Gasteiger partial charge in [-0.05, 0) is 29.8 Å². The van der Waals surface area contributed by atoms with E-state index in [0.29, 0.717) is 16.9 Å². The van der Waals surface area contributed by atoms with Crippen LogP contribution in [-0.2, 0) is 13.1 Å². The van der Waals surface area contributed by atoms with Gasteiger partial charge in [0, 0.05) is 30.6 Å². The van der Waals surface area contributed by atoms with Crippen molar-refractivity contribution >= 4 is 11.6 Å². The molecule has 1 aliphatic rings. The third kappa shape index (κ3) is 2.58. The number of benzene rings is 1. The molecule has 0 fully saturated rings. The third-order valence-electron chi connectivity index (χ3n) is 4.83. The molecule has 0 saturated carbocycles. The minimum Gasteiger partial charge on any atom is -0.328 e. The van der Waals surface area contributed by atoms with Gasteiger partial charge in [0.05, 0.1) is 17.8 Å². The van der Waals surface area contributed by atoms with Gasteiger partial charge in [-0.25, -0.2) is 13.9 Å². The van der Waals surface area contributed by atoms with Gasteiger partial charge < -0.3 is 4.90 Å². The number of nitrogens with zero attached hydrogens (tertiary/aromatic N) is 4. The topological polar surface area (TPSA) is 83.4 Å². The fourth-order valence-corrected chi connectivity index (χ4v) is 3.41. The van der Waals surface area contributed by atoms with E-state index >= 15 is 0 Å². The number of pyridine rings is 1. The Morgan fingerprint density at radius 2 is 1.82 bits per heavy atom. The molecule has 0 aliphatic carbocycles. The van der Waals surface area contributed by atoms with Gasteiger partial charge in [-0.15, -0.1) is 0 Å². The summed E-state index contributed by atoms with van der Waals surface area (Å²) in [5.41, 5.74) is 2.98.